The van der Waals surface area contributed by atoms with Gasteiger partial charge in [-0.2, -0.15) is 0 Å². The summed E-state index contributed by atoms with van der Waals surface area (Å²) in [4.78, 5) is 15.7. The van der Waals surface area contributed by atoms with Crippen molar-refractivity contribution < 1.29 is 0 Å². The summed E-state index contributed by atoms with van der Waals surface area (Å²) in [5.41, 5.74) is 7.52. The van der Waals surface area contributed by atoms with E-state index >= 15 is 0 Å². The molecule has 3 N–H and O–H groups in total. The Labute approximate surface area is 87.1 Å². The second-order valence-corrected chi connectivity index (χ2v) is 4.82. The number of rotatable bonds is 1. The van der Waals surface area contributed by atoms with Crippen LogP contribution in [0.3, 0.4) is 0 Å². The quantitative estimate of drug-likeness (QED) is 0.735. The number of nitrogen functional groups attached to an aromatic ring is 1. The molecule has 1 saturated carbocycles. The van der Waals surface area contributed by atoms with Crippen molar-refractivity contribution in [1.82, 2.24) is 19.9 Å². The van der Waals surface area contributed by atoms with Crippen molar-refractivity contribution in [2.24, 2.45) is 5.41 Å². The van der Waals surface area contributed by atoms with Gasteiger partial charge in [-0.3, -0.25) is 0 Å². The van der Waals surface area contributed by atoms with Crippen LogP contribution in [-0.4, -0.2) is 19.9 Å². The zero-order chi connectivity index (χ0) is 10.6. The topological polar surface area (TPSA) is 80.5 Å². The largest absolute Gasteiger partial charge is 0.382 e. The second-order valence-electron chi connectivity index (χ2n) is 4.82. The number of nitrogens with zero attached hydrogens (tertiary/aromatic N) is 3. The minimum Gasteiger partial charge on any atom is -0.382 e. The van der Waals surface area contributed by atoms with E-state index in [0.717, 1.165) is 11.3 Å². The van der Waals surface area contributed by atoms with Crippen molar-refractivity contribution >= 4 is 17.0 Å². The van der Waals surface area contributed by atoms with E-state index in [1.807, 2.05) is 0 Å². The average Bonchev–Trinajstić information content (AvgIpc) is 2.62. The van der Waals surface area contributed by atoms with Crippen molar-refractivity contribution in [3.63, 3.8) is 0 Å². The lowest BCUT2D eigenvalue weighted by Gasteiger charge is -1.97. The van der Waals surface area contributed by atoms with Crippen LogP contribution in [0.15, 0.2) is 6.33 Å². The van der Waals surface area contributed by atoms with Gasteiger partial charge in [-0.15, -0.1) is 0 Å². The fraction of sp³-hybridized carbons (Fsp3) is 0.500. The Morgan fingerprint density at radius 1 is 1.47 bits per heavy atom. The molecule has 1 aliphatic carbocycles. The number of nitrogens with two attached hydrogens (primary N) is 1. The number of aromatic nitrogens is 4. The Bertz CT molecular complexity index is 528. The molecule has 2 aromatic rings. The van der Waals surface area contributed by atoms with Gasteiger partial charge < -0.3 is 10.7 Å². The van der Waals surface area contributed by atoms with Gasteiger partial charge in [0.25, 0.3) is 0 Å². The lowest BCUT2D eigenvalue weighted by Crippen LogP contribution is -1.92. The first kappa shape index (κ1) is 8.64. The highest BCUT2D eigenvalue weighted by atomic mass is 15.1. The van der Waals surface area contributed by atoms with Gasteiger partial charge in [-0.1, -0.05) is 13.8 Å². The summed E-state index contributed by atoms with van der Waals surface area (Å²) in [6.07, 6.45) is 2.61. The summed E-state index contributed by atoms with van der Waals surface area (Å²) in [5.74, 6) is 1.96. The van der Waals surface area contributed by atoms with E-state index in [0.29, 0.717) is 22.8 Å². The maximum absolute atomic E-state index is 5.74. The van der Waals surface area contributed by atoms with Crippen LogP contribution in [0.1, 0.15) is 32.0 Å². The van der Waals surface area contributed by atoms with Crippen molar-refractivity contribution in [1.29, 1.82) is 0 Å². The van der Waals surface area contributed by atoms with Crippen LogP contribution in [0.25, 0.3) is 11.2 Å². The molecule has 3 rings (SSSR count). The third-order valence-electron chi connectivity index (χ3n) is 3.18. The monoisotopic (exact) mass is 203 g/mol. The lowest BCUT2D eigenvalue weighted by atomic mass is 10.1. The van der Waals surface area contributed by atoms with Gasteiger partial charge in [0.05, 0.1) is 0 Å². The highest BCUT2D eigenvalue weighted by Gasteiger charge is 2.48. The molecule has 0 aliphatic heterocycles. The Morgan fingerprint density at radius 3 is 2.80 bits per heavy atom. The predicted octanol–water partition coefficient (Wildman–Crippen LogP) is 1.45. The molecule has 1 unspecified atom stereocenters. The number of imidazole rings is 1. The maximum Gasteiger partial charge on any atom is 0.183 e. The molecule has 2 heterocycles. The highest BCUT2D eigenvalue weighted by Crippen LogP contribution is 2.57. The zero-order valence-corrected chi connectivity index (χ0v) is 8.78. The van der Waals surface area contributed by atoms with Crippen molar-refractivity contribution in [2.45, 2.75) is 26.2 Å². The number of aromatic amines is 1. The summed E-state index contributed by atoms with van der Waals surface area (Å²) >= 11 is 0. The Kier molecular flexibility index (Phi) is 1.43. The molecule has 0 aromatic carbocycles. The lowest BCUT2D eigenvalue weighted by molar-refractivity contribution is 0.611. The Morgan fingerprint density at radius 2 is 2.20 bits per heavy atom. The van der Waals surface area contributed by atoms with E-state index in [1.165, 1.54) is 12.7 Å². The van der Waals surface area contributed by atoms with E-state index in [1.54, 1.807) is 0 Å². The molecular formula is C10H13N5. The third kappa shape index (κ3) is 1.19. The zero-order valence-electron chi connectivity index (χ0n) is 8.78. The van der Waals surface area contributed by atoms with Crippen LogP contribution in [-0.2, 0) is 0 Å². The number of fused-ring (bicyclic) bond motifs is 1. The Balaban J connectivity index is 2.12. The van der Waals surface area contributed by atoms with E-state index in [9.17, 15) is 0 Å². The predicted molar refractivity (Wildman–Crippen MR) is 57.2 cm³/mol. The SMILES string of the molecule is CC1(C)CC1c1nc2ncnc(N)c2[nH]1. The first-order valence-corrected chi connectivity index (χ1v) is 5.04. The molecule has 0 radical (unpaired) electrons. The molecule has 2 aromatic heterocycles. The average molecular weight is 203 g/mol. The van der Waals surface area contributed by atoms with E-state index in [-0.39, 0.29) is 0 Å². The molecule has 5 nitrogen and oxygen atoms in total. The molecular weight excluding hydrogens is 190 g/mol. The van der Waals surface area contributed by atoms with Crippen molar-refractivity contribution in [3.05, 3.63) is 12.2 Å². The van der Waals surface area contributed by atoms with E-state index in [4.69, 9.17) is 5.73 Å². The van der Waals surface area contributed by atoms with Gasteiger partial charge in [0.1, 0.15) is 17.7 Å². The normalized spacial score (nSPS) is 23.2. The molecule has 5 heteroatoms. The molecule has 0 amide bonds. The third-order valence-corrected chi connectivity index (χ3v) is 3.18. The van der Waals surface area contributed by atoms with Crippen LogP contribution in [0, 0.1) is 5.41 Å². The second kappa shape index (κ2) is 2.48. The van der Waals surface area contributed by atoms with Gasteiger partial charge >= 0.3 is 0 Å². The van der Waals surface area contributed by atoms with Crippen LogP contribution in [0.4, 0.5) is 5.82 Å². The first-order valence-electron chi connectivity index (χ1n) is 5.04. The number of H-pyrrole nitrogens is 1. The minimum atomic E-state index is 0.357. The van der Waals surface area contributed by atoms with Gasteiger partial charge in [0, 0.05) is 5.92 Å². The fourth-order valence-corrected chi connectivity index (χ4v) is 1.96. The summed E-state index contributed by atoms with van der Waals surface area (Å²) < 4.78 is 0. The number of anilines is 1. The number of hydrogen-bond donors (Lipinski definition) is 2. The maximum atomic E-state index is 5.74. The summed E-state index contributed by atoms with van der Waals surface area (Å²) in [7, 11) is 0. The van der Waals surface area contributed by atoms with Crippen molar-refractivity contribution in [3.8, 4) is 0 Å². The standard InChI is InChI=1S/C10H13N5/c1-10(2)3-5(10)8-14-6-7(11)12-4-13-9(6)15-8/h4-5H,3H2,1-2H3,(H3,11,12,13,14,15). The van der Waals surface area contributed by atoms with Crippen LogP contribution in [0.2, 0.25) is 0 Å². The summed E-state index contributed by atoms with van der Waals surface area (Å²) in [6, 6.07) is 0. The van der Waals surface area contributed by atoms with Gasteiger partial charge in [0.2, 0.25) is 0 Å². The van der Waals surface area contributed by atoms with Crippen LogP contribution >= 0.6 is 0 Å². The molecule has 78 valence electrons. The van der Waals surface area contributed by atoms with E-state index < -0.39 is 0 Å². The Hall–Kier alpha value is -1.65. The molecule has 1 aliphatic rings. The number of nitrogens with one attached hydrogen (secondary N) is 1. The molecule has 0 bridgehead atoms. The van der Waals surface area contributed by atoms with Gasteiger partial charge in [-0.25, -0.2) is 15.0 Å². The van der Waals surface area contributed by atoms with Gasteiger partial charge in [-0.05, 0) is 11.8 Å². The van der Waals surface area contributed by atoms with Crippen LogP contribution in [0.5, 0.6) is 0 Å². The highest BCUT2D eigenvalue weighted by molar-refractivity contribution is 5.81. The first-order chi connectivity index (χ1) is 7.08. The fourth-order valence-electron chi connectivity index (χ4n) is 1.96. The van der Waals surface area contributed by atoms with Crippen molar-refractivity contribution in [2.75, 3.05) is 5.73 Å². The van der Waals surface area contributed by atoms with E-state index in [2.05, 4.69) is 33.8 Å². The summed E-state index contributed by atoms with van der Waals surface area (Å²) in [5, 5.41) is 0. The minimum absolute atomic E-state index is 0.357. The molecule has 1 fully saturated rings. The van der Waals surface area contributed by atoms with Crippen LogP contribution < -0.4 is 5.73 Å². The van der Waals surface area contributed by atoms with Gasteiger partial charge in [0.15, 0.2) is 11.5 Å². The smallest absolute Gasteiger partial charge is 0.183 e. The summed E-state index contributed by atoms with van der Waals surface area (Å²) in [6.45, 7) is 4.47. The molecule has 15 heavy (non-hydrogen) atoms. The number of hydrogen-bond acceptors (Lipinski definition) is 4. The molecule has 0 spiro atoms. The molecule has 1 atom stereocenters. The molecule has 0 saturated heterocycles.